The molecule has 0 aliphatic carbocycles. The number of rotatable bonds is 3. The van der Waals surface area contributed by atoms with E-state index in [0.29, 0.717) is 6.54 Å². The third kappa shape index (κ3) is 3.10. The van der Waals surface area contributed by atoms with Crippen LogP contribution in [0.5, 0.6) is 0 Å². The second-order valence-corrected chi connectivity index (χ2v) is 3.90. The third-order valence-electron chi connectivity index (χ3n) is 2.91. The maximum atomic E-state index is 11.6. The van der Waals surface area contributed by atoms with E-state index in [1.54, 1.807) is 0 Å². The summed E-state index contributed by atoms with van der Waals surface area (Å²) >= 11 is 0. The average molecular weight is 230 g/mol. The summed E-state index contributed by atoms with van der Waals surface area (Å²) in [5.41, 5.74) is 0. The van der Waals surface area contributed by atoms with Gasteiger partial charge in [-0.1, -0.05) is 0 Å². The number of hydrogen-bond acceptors (Lipinski definition) is 3. The van der Waals surface area contributed by atoms with Crippen LogP contribution < -0.4 is 0 Å². The molecule has 16 heavy (non-hydrogen) atoms. The lowest BCUT2D eigenvalue weighted by Gasteiger charge is -2.33. The zero-order valence-corrected chi connectivity index (χ0v) is 9.68. The third-order valence-corrected chi connectivity index (χ3v) is 2.91. The first kappa shape index (κ1) is 12.8. The molecule has 0 aromatic heterocycles. The zero-order valence-electron chi connectivity index (χ0n) is 9.68. The number of carbonyl (C=O) groups is 2. The molecule has 1 rings (SSSR count). The first-order valence-corrected chi connectivity index (χ1v) is 5.36. The van der Waals surface area contributed by atoms with Gasteiger partial charge in [-0.3, -0.25) is 9.63 Å². The minimum atomic E-state index is -0.947. The number of hydroxylamine groups is 2. The lowest BCUT2D eigenvalue weighted by molar-refractivity contribution is -0.170. The van der Waals surface area contributed by atoms with Gasteiger partial charge in [0.15, 0.2) is 0 Å². The van der Waals surface area contributed by atoms with Crippen LogP contribution in [0.4, 0.5) is 4.79 Å². The number of hydrogen-bond donors (Lipinski definition) is 1. The Labute approximate surface area is 94.7 Å². The molecule has 2 amide bonds. The van der Waals surface area contributed by atoms with Gasteiger partial charge >= 0.3 is 6.09 Å². The van der Waals surface area contributed by atoms with Crippen LogP contribution in [0.25, 0.3) is 0 Å². The van der Waals surface area contributed by atoms with Crippen LogP contribution in [0.2, 0.25) is 0 Å². The smallest absolute Gasteiger partial charge is 0.407 e. The fraction of sp³-hybridized carbons (Fsp3) is 0.800. The first-order valence-electron chi connectivity index (χ1n) is 5.36. The minimum Gasteiger partial charge on any atom is -0.465 e. The number of nitrogens with zero attached hydrogens (tertiary/aromatic N) is 2. The average Bonchev–Trinajstić information content (AvgIpc) is 2.28. The highest BCUT2D eigenvalue weighted by atomic mass is 16.7. The van der Waals surface area contributed by atoms with Gasteiger partial charge in [0.05, 0.1) is 7.11 Å². The molecule has 1 aliphatic heterocycles. The molecule has 0 aromatic carbocycles. The molecule has 1 unspecified atom stereocenters. The van der Waals surface area contributed by atoms with E-state index in [4.69, 9.17) is 9.94 Å². The SMILES string of the molecule is CON(C)C(=O)CC1CCCCN1C(=O)O. The van der Waals surface area contributed by atoms with Gasteiger partial charge in [0.1, 0.15) is 0 Å². The van der Waals surface area contributed by atoms with E-state index in [9.17, 15) is 9.59 Å². The standard InChI is InChI=1S/C10H18N2O4/c1-11(16-2)9(13)7-8-5-3-4-6-12(8)10(14)15/h8H,3-7H2,1-2H3,(H,14,15). The fourth-order valence-electron chi connectivity index (χ4n) is 1.90. The molecule has 0 bridgehead atoms. The van der Waals surface area contributed by atoms with Crippen LogP contribution in [0.15, 0.2) is 0 Å². The highest BCUT2D eigenvalue weighted by Gasteiger charge is 2.29. The van der Waals surface area contributed by atoms with E-state index >= 15 is 0 Å². The van der Waals surface area contributed by atoms with Gasteiger partial charge in [0.25, 0.3) is 0 Å². The summed E-state index contributed by atoms with van der Waals surface area (Å²) in [7, 11) is 2.93. The molecular weight excluding hydrogens is 212 g/mol. The summed E-state index contributed by atoms with van der Waals surface area (Å²) in [4.78, 5) is 28.7. The van der Waals surface area contributed by atoms with E-state index in [0.717, 1.165) is 24.3 Å². The van der Waals surface area contributed by atoms with Crippen molar-refractivity contribution in [1.29, 1.82) is 0 Å². The quantitative estimate of drug-likeness (QED) is 0.732. The molecule has 0 radical (unpaired) electrons. The molecule has 1 heterocycles. The van der Waals surface area contributed by atoms with Crippen molar-refractivity contribution < 1.29 is 19.5 Å². The summed E-state index contributed by atoms with van der Waals surface area (Å²) in [5.74, 6) is -0.194. The van der Waals surface area contributed by atoms with Gasteiger partial charge in [0.2, 0.25) is 5.91 Å². The highest BCUT2D eigenvalue weighted by molar-refractivity contribution is 5.76. The maximum Gasteiger partial charge on any atom is 0.407 e. The molecule has 1 atom stereocenters. The van der Waals surface area contributed by atoms with Crippen LogP contribution in [0.1, 0.15) is 25.7 Å². The molecule has 0 saturated carbocycles. The molecule has 0 aromatic rings. The van der Waals surface area contributed by atoms with Crippen molar-refractivity contribution >= 4 is 12.0 Å². The Morgan fingerprint density at radius 2 is 2.19 bits per heavy atom. The Kier molecular flexibility index (Phi) is 4.54. The van der Waals surface area contributed by atoms with E-state index in [-0.39, 0.29) is 18.4 Å². The van der Waals surface area contributed by atoms with Crippen molar-refractivity contribution in [3.8, 4) is 0 Å². The monoisotopic (exact) mass is 230 g/mol. The molecule has 6 heteroatoms. The Morgan fingerprint density at radius 3 is 2.75 bits per heavy atom. The van der Waals surface area contributed by atoms with Crippen molar-refractivity contribution in [2.45, 2.75) is 31.7 Å². The Balaban J connectivity index is 2.56. The summed E-state index contributed by atoms with van der Waals surface area (Å²) in [6.07, 6.45) is 1.83. The van der Waals surface area contributed by atoms with Crippen molar-refractivity contribution in [3.05, 3.63) is 0 Å². The predicted molar refractivity (Wildman–Crippen MR) is 56.8 cm³/mol. The highest BCUT2D eigenvalue weighted by Crippen LogP contribution is 2.20. The Morgan fingerprint density at radius 1 is 1.50 bits per heavy atom. The molecular formula is C10H18N2O4. The largest absolute Gasteiger partial charge is 0.465 e. The Bertz CT molecular complexity index is 270. The number of carboxylic acid groups (broad SMARTS) is 1. The van der Waals surface area contributed by atoms with E-state index < -0.39 is 6.09 Å². The van der Waals surface area contributed by atoms with Crippen LogP contribution in [0, 0.1) is 0 Å². The molecule has 1 aliphatic rings. The van der Waals surface area contributed by atoms with Gasteiger partial charge in [-0.15, -0.1) is 0 Å². The second-order valence-electron chi connectivity index (χ2n) is 3.90. The number of piperidine rings is 1. The van der Waals surface area contributed by atoms with Crippen LogP contribution in [-0.4, -0.2) is 53.8 Å². The van der Waals surface area contributed by atoms with E-state index in [2.05, 4.69) is 0 Å². The van der Waals surface area contributed by atoms with Crippen molar-refractivity contribution in [2.24, 2.45) is 0 Å². The van der Waals surface area contributed by atoms with E-state index in [1.807, 2.05) is 0 Å². The first-order chi connectivity index (χ1) is 7.56. The lowest BCUT2D eigenvalue weighted by atomic mass is 9.99. The van der Waals surface area contributed by atoms with Gasteiger partial charge in [0, 0.05) is 26.1 Å². The summed E-state index contributed by atoms with van der Waals surface area (Å²) in [6, 6.07) is -0.212. The zero-order chi connectivity index (χ0) is 12.1. The lowest BCUT2D eigenvalue weighted by Crippen LogP contribution is -2.45. The number of amides is 2. The van der Waals surface area contributed by atoms with Crippen molar-refractivity contribution in [2.75, 3.05) is 20.7 Å². The van der Waals surface area contributed by atoms with Gasteiger partial charge in [-0.05, 0) is 19.3 Å². The van der Waals surface area contributed by atoms with E-state index in [1.165, 1.54) is 19.1 Å². The van der Waals surface area contributed by atoms with Crippen LogP contribution in [-0.2, 0) is 9.63 Å². The molecule has 6 nitrogen and oxygen atoms in total. The normalized spacial score (nSPS) is 20.6. The molecule has 92 valence electrons. The summed E-state index contributed by atoms with van der Waals surface area (Å²) < 4.78 is 0. The number of likely N-dealkylation sites (tertiary alicyclic amines) is 1. The molecule has 1 fully saturated rings. The van der Waals surface area contributed by atoms with Crippen molar-refractivity contribution in [1.82, 2.24) is 9.96 Å². The number of carbonyl (C=O) groups excluding carboxylic acids is 1. The fourth-order valence-corrected chi connectivity index (χ4v) is 1.90. The minimum absolute atomic E-state index is 0.191. The van der Waals surface area contributed by atoms with Crippen LogP contribution >= 0.6 is 0 Å². The molecule has 1 N–H and O–H groups in total. The summed E-state index contributed by atoms with van der Waals surface area (Å²) in [5, 5.41) is 10.1. The summed E-state index contributed by atoms with van der Waals surface area (Å²) in [6.45, 7) is 0.518. The predicted octanol–water partition coefficient (Wildman–Crippen LogP) is 0.929. The molecule has 1 saturated heterocycles. The van der Waals surface area contributed by atoms with Crippen molar-refractivity contribution in [3.63, 3.8) is 0 Å². The Hall–Kier alpha value is -1.30. The van der Waals surface area contributed by atoms with Gasteiger partial charge < -0.3 is 10.0 Å². The maximum absolute atomic E-state index is 11.6. The topological polar surface area (TPSA) is 70.1 Å². The second kappa shape index (κ2) is 5.69. The molecule has 0 spiro atoms. The van der Waals surface area contributed by atoms with Crippen LogP contribution in [0.3, 0.4) is 0 Å². The van der Waals surface area contributed by atoms with Gasteiger partial charge in [-0.25, -0.2) is 9.86 Å². The van der Waals surface area contributed by atoms with Gasteiger partial charge in [-0.2, -0.15) is 0 Å².